The summed E-state index contributed by atoms with van der Waals surface area (Å²) < 4.78 is 1.26. The lowest BCUT2D eigenvalue weighted by atomic mass is 10.2. The monoisotopic (exact) mass is 249 g/mol. The molecule has 1 saturated heterocycles. The molecule has 1 atom stereocenters. The first-order valence-corrected chi connectivity index (χ1v) is 6.53. The lowest BCUT2D eigenvalue weighted by Gasteiger charge is -2.24. The fourth-order valence-corrected chi connectivity index (χ4v) is 2.32. The number of aromatic nitrogens is 2. The van der Waals surface area contributed by atoms with Gasteiger partial charge in [-0.3, -0.25) is 9.59 Å². The van der Waals surface area contributed by atoms with E-state index >= 15 is 0 Å². The number of hydrogen-bond donors (Lipinski definition) is 0. The predicted octanol–water partition coefficient (Wildman–Crippen LogP) is 1.21. The molecule has 0 aromatic carbocycles. The van der Waals surface area contributed by atoms with Gasteiger partial charge in [-0.2, -0.15) is 5.10 Å². The third kappa shape index (κ3) is 2.78. The van der Waals surface area contributed by atoms with Gasteiger partial charge in [0.2, 0.25) is 5.91 Å². The molecule has 1 aliphatic rings. The second-order valence-corrected chi connectivity index (χ2v) is 4.72. The second kappa shape index (κ2) is 5.80. The Bertz CT molecular complexity index is 461. The molecule has 0 radical (unpaired) electrons. The summed E-state index contributed by atoms with van der Waals surface area (Å²) in [5, 5.41) is 3.97. The SMILES string of the molecule is CC(C(=O)N1CCCCCC1)n1ncccc1=O. The van der Waals surface area contributed by atoms with Crippen LogP contribution < -0.4 is 5.56 Å². The minimum absolute atomic E-state index is 0.00213. The van der Waals surface area contributed by atoms with Gasteiger partial charge >= 0.3 is 0 Å². The molecule has 5 heteroatoms. The van der Waals surface area contributed by atoms with Gasteiger partial charge in [0, 0.05) is 25.4 Å². The summed E-state index contributed by atoms with van der Waals surface area (Å²) in [6.07, 6.45) is 6.00. The van der Waals surface area contributed by atoms with Crippen molar-refractivity contribution < 1.29 is 4.79 Å². The molecule has 2 heterocycles. The van der Waals surface area contributed by atoms with Crippen molar-refractivity contribution in [3.8, 4) is 0 Å². The van der Waals surface area contributed by atoms with Crippen molar-refractivity contribution in [2.24, 2.45) is 0 Å². The minimum atomic E-state index is -0.517. The molecule has 0 N–H and O–H groups in total. The van der Waals surface area contributed by atoms with Crippen molar-refractivity contribution in [3.63, 3.8) is 0 Å². The quantitative estimate of drug-likeness (QED) is 0.791. The van der Waals surface area contributed by atoms with Gasteiger partial charge in [-0.05, 0) is 25.8 Å². The maximum absolute atomic E-state index is 12.3. The molecular formula is C13H19N3O2. The number of nitrogens with zero attached hydrogens (tertiary/aromatic N) is 3. The third-order valence-corrected chi connectivity index (χ3v) is 3.38. The third-order valence-electron chi connectivity index (χ3n) is 3.38. The van der Waals surface area contributed by atoms with Gasteiger partial charge in [-0.25, -0.2) is 4.68 Å². The average Bonchev–Trinajstić information content (AvgIpc) is 2.66. The summed E-state index contributed by atoms with van der Waals surface area (Å²) in [5.41, 5.74) is -0.229. The van der Waals surface area contributed by atoms with Crippen LogP contribution in [0.5, 0.6) is 0 Å². The Labute approximate surface area is 106 Å². The Balaban J connectivity index is 2.13. The Kier molecular flexibility index (Phi) is 4.12. The van der Waals surface area contributed by atoms with Gasteiger partial charge in [0.15, 0.2) is 0 Å². The Morgan fingerprint density at radius 1 is 1.28 bits per heavy atom. The topological polar surface area (TPSA) is 55.2 Å². The van der Waals surface area contributed by atoms with Crippen molar-refractivity contribution in [3.05, 3.63) is 28.7 Å². The minimum Gasteiger partial charge on any atom is -0.341 e. The lowest BCUT2D eigenvalue weighted by Crippen LogP contribution is -2.40. The number of likely N-dealkylation sites (tertiary alicyclic amines) is 1. The highest BCUT2D eigenvalue weighted by Crippen LogP contribution is 2.13. The second-order valence-electron chi connectivity index (χ2n) is 4.72. The molecule has 1 amide bonds. The van der Waals surface area contributed by atoms with E-state index in [1.807, 2.05) is 4.90 Å². The Hall–Kier alpha value is -1.65. The van der Waals surface area contributed by atoms with E-state index in [1.165, 1.54) is 29.8 Å². The van der Waals surface area contributed by atoms with Crippen LogP contribution in [0.4, 0.5) is 0 Å². The molecule has 1 aliphatic heterocycles. The highest BCUT2D eigenvalue weighted by atomic mass is 16.2. The normalized spacial score (nSPS) is 18.2. The van der Waals surface area contributed by atoms with Gasteiger partial charge in [0.1, 0.15) is 6.04 Å². The van der Waals surface area contributed by atoms with Crippen LogP contribution in [-0.2, 0) is 4.79 Å². The largest absolute Gasteiger partial charge is 0.341 e. The Morgan fingerprint density at radius 3 is 2.56 bits per heavy atom. The number of hydrogen-bond acceptors (Lipinski definition) is 3. The molecule has 5 nitrogen and oxygen atoms in total. The summed E-state index contributed by atoms with van der Waals surface area (Å²) in [7, 11) is 0. The summed E-state index contributed by atoms with van der Waals surface area (Å²) in [5.74, 6) is -0.00213. The number of amides is 1. The molecule has 0 bridgehead atoms. The fourth-order valence-electron chi connectivity index (χ4n) is 2.32. The van der Waals surface area contributed by atoms with E-state index in [9.17, 15) is 9.59 Å². The molecule has 1 aromatic heterocycles. The Morgan fingerprint density at radius 2 is 1.94 bits per heavy atom. The average molecular weight is 249 g/mol. The van der Waals surface area contributed by atoms with Crippen molar-refractivity contribution in [1.29, 1.82) is 0 Å². The summed E-state index contributed by atoms with van der Waals surface area (Å²) in [6.45, 7) is 3.33. The van der Waals surface area contributed by atoms with Gasteiger partial charge in [0.05, 0.1) is 0 Å². The van der Waals surface area contributed by atoms with Gasteiger partial charge in [-0.15, -0.1) is 0 Å². The van der Waals surface area contributed by atoms with Crippen LogP contribution in [0.2, 0.25) is 0 Å². The van der Waals surface area contributed by atoms with Crippen LogP contribution >= 0.6 is 0 Å². The first kappa shape index (κ1) is 12.8. The van der Waals surface area contributed by atoms with Crippen LogP contribution in [0.15, 0.2) is 23.1 Å². The van der Waals surface area contributed by atoms with Crippen LogP contribution in [0.3, 0.4) is 0 Å². The molecule has 0 spiro atoms. The van der Waals surface area contributed by atoms with E-state index in [2.05, 4.69) is 5.10 Å². The molecule has 1 aromatic rings. The number of carbonyl (C=O) groups excluding carboxylic acids is 1. The van der Waals surface area contributed by atoms with E-state index in [0.717, 1.165) is 25.9 Å². The molecule has 1 fully saturated rings. The van der Waals surface area contributed by atoms with Gasteiger partial charge in [0.25, 0.3) is 5.56 Å². The molecule has 0 saturated carbocycles. The van der Waals surface area contributed by atoms with Gasteiger partial charge < -0.3 is 4.90 Å². The zero-order valence-electron chi connectivity index (χ0n) is 10.7. The summed E-state index contributed by atoms with van der Waals surface area (Å²) in [4.78, 5) is 25.8. The van der Waals surface area contributed by atoms with E-state index < -0.39 is 6.04 Å². The van der Waals surface area contributed by atoms with Crippen LogP contribution in [0.25, 0.3) is 0 Å². The maximum atomic E-state index is 12.3. The first-order chi connectivity index (χ1) is 8.70. The van der Waals surface area contributed by atoms with Crippen molar-refractivity contribution in [2.45, 2.75) is 38.6 Å². The first-order valence-electron chi connectivity index (χ1n) is 6.53. The number of rotatable bonds is 2. The van der Waals surface area contributed by atoms with E-state index in [-0.39, 0.29) is 11.5 Å². The molecule has 0 aliphatic carbocycles. The number of carbonyl (C=O) groups is 1. The highest BCUT2D eigenvalue weighted by Gasteiger charge is 2.23. The molecule has 1 unspecified atom stereocenters. The molecule has 2 rings (SSSR count). The maximum Gasteiger partial charge on any atom is 0.267 e. The smallest absolute Gasteiger partial charge is 0.267 e. The standard InChI is InChI=1S/C13H19N3O2/c1-11(16-12(17)7-6-8-14-16)13(18)15-9-4-2-3-5-10-15/h6-8,11H,2-5,9-10H2,1H3. The van der Waals surface area contributed by atoms with E-state index in [1.54, 1.807) is 13.0 Å². The van der Waals surface area contributed by atoms with Crippen LogP contribution in [0, 0.1) is 0 Å². The molecule has 18 heavy (non-hydrogen) atoms. The zero-order chi connectivity index (χ0) is 13.0. The van der Waals surface area contributed by atoms with Crippen molar-refractivity contribution in [1.82, 2.24) is 14.7 Å². The lowest BCUT2D eigenvalue weighted by molar-refractivity contribution is -0.134. The van der Waals surface area contributed by atoms with Crippen LogP contribution in [-0.4, -0.2) is 33.7 Å². The predicted molar refractivity (Wildman–Crippen MR) is 68.3 cm³/mol. The van der Waals surface area contributed by atoms with Gasteiger partial charge in [-0.1, -0.05) is 12.8 Å². The van der Waals surface area contributed by atoms with E-state index in [0.29, 0.717) is 0 Å². The summed E-state index contributed by atoms with van der Waals surface area (Å²) in [6, 6.07) is 2.50. The van der Waals surface area contributed by atoms with E-state index in [4.69, 9.17) is 0 Å². The highest BCUT2D eigenvalue weighted by molar-refractivity contribution is 5.79. The fraction of sp³-hybridized carbons (Fsp3) is 0.615. The summed E-state index contributed by atoms with van der Waals surface area (Å²) >= 11 is 0. The zero-order valence-corrected chi connectivity index (χ0v) is 10.7. The molecular weight excluding hydrogens is 230 g/mol. The van der Waals surface area contributed by atoms with Crippen molar-refractivity contribution in [2.75, 3.05) is 13.1 Å². The van der Waals surface area contributed by atoms with Crippen molar-refractivity contribution >= 4 is 5.91 Å². The molecule has 98 valence electrons. The van der Waals surface area contributed by atoms with Crippen LogP contribution in [0.1, 0.15) is 38.6 Å².